The molecule has 2 fully saturated rings. The standard InChI is InChI=1S/C26H30N6O2/c1-26(2)9-3-4-18-14-17(5-6-19(18)26)15-22-28-25-24(27-10-11-32(25)29-22)30-12-13-31-20(16-30)21(33)7-8-23(31)34/h5-6,10-11,14,20H,3-4,7-9,12-13,15-16H2,1-2H3. The maximum Gasteiger partial charge on any atom is 0.223 e. The van der Waals surface area contributed by atoms with Crippen molar-refractivity contribution in [2.75, 3.05) is 24.5 Å². The Balaban J connectivity index is 1.27. The number of aryl methyl sites for hydroxylation is 1. The monoisotopic (exact) mass is 458 g/mol. The van der Waals surface area contributed by atoms with Gasteiger partial charge in [0.05, 0.1) is 0 Å². The second-order valence-electron chi connectivity index (χ2n) is 10.5. The third kappa shape index (κ3) is 3.56. The molecule has 0 saturated carbocycles. The van der Waals surface area contributed by atoms with Crippen LogP contribution in [0.4, 0.5) is 5.82 Å². The number of hydrogen-bond donors (Lipinski definition) is 0. The van der Waals surface area contributed by atoms with Crippen LogP contribution in [0, 0.1) is 0 Å². The van der Waals surface area contributed by atoms with E-state index < -0.39 is 0 Å². The Kier molecular flexibility index (Phi) is 4.93. The number of piperidine rings is 1. The van der Waals surface area contributed by atoms with E-state index in [-0.39, 0.29) is 23.1 Å². The fourth-order valence-corrected chi connectivity index (χ4v) is 5.90. The van der Waals surface area contributed by atoms with E-state index >= 15 is 0 Å². The van der Waals surface area contributed by atoms with E-state index in [0.717, 1.165) is 18.1 Å². The Hall–Kier alpha value is -3.29. The van der Waals surface area contributed by atoms with Crippen LogP contribution in [0.1, 0.15) is 62.0 Å². The van der Waals surface area contributed by atoms with E-state index in [1.54, 1.807) is 15.6 Å². The Morgan fingerprint density at radius 3 is 2.88 bits per heavy atom. The molecule has 0 bridgehead atoms. The number of rotatable bonds is 3. The van der Waals surface area contributed by atoms with Crippen LogP contribution in [0.2, 0.25) is 0 Å². The number of Topliss-reactive ketones (excluding diaryl/α,β-unsaturated/α-hetero) is 1. The summed E-state index contributed by atoms with van der Waals surface area (Å²) >= 11 is 0. The van der Waals surface area contributed by atoms with Crippen molar-refractivity contribution >= 4 is 23.2 Å². The number of carbonyl (C=O) groups excluding carboxylic acids is 2. The molecule has 1 unspecified atom stereocenters. The van der Waals surface area contributed by atoms with Crippen LogP contribution in [0.3, 0.4) is 0 Å². The number of ketones is 1. The number of nitrogens with zero attached hydrogens (tertiary/aromatic N) is 6. The van der Waals surface area contributed by atoms with Gasteiger partial charge in [-0.1, -0.05) is 32.0 Å². The molecule has 4 heterocycles. The van der Waals surface area contributed by atoms with Gasteiger partial charge < -0.3 is 9.80 Å². The fourth-order valence-electron chi connectivity index (χ4n) is 5.90. The average molecular weight is 459 g/mol. The molecule has 2 aliphatic heterocycles. The van der Waals surface area contributed by atoms with Gasteiger partial charge in [-0.3, -0.25) is 9.59 Å². The molecule has 1 atom stereocenters. The van der Waals surface area contributed by atoms with Crippen molar-refractivity contribution < 1.29 is 9.59 Å². The van der Waals surface area contributed by atoms with Crippen molar-refractivity contribution in [3.05, 3.63) is 53.1 Å². The number of fused-ring (bicyclic) bond motifs is 3. The van der Waals surface area contributed by atoms with Gasteiger partial charge in [-0.05, 0) is 41.4 Å². The van der Waals surface area contributed by atoms with E-state index in [9.17, 15) is 9.59 Å². The number of piperazine rings is 1. The highest BCUT2D eigenvalue weighted by molar-refractivity contribution is 5.96. The van der Waals surface area contributed by atoms with Crippen molar-refractivity contribution in [2.24, 2.45) is 0 Å². The van der Waals surface area contributed by atoms with Crippen LogP contribution in [0.25, 0.3) is 5.65 Å². The third-order valence-electron chi connectivity index (χ3n) is 7.75. The number of benzene rings is 1. The number of aromatic nitrogens is 4. The first-order valence-corrected chi connectivity index (χ1v) is 12.3. The van der Waals surface area contributed by atoms with Crippen molar-refractivity contribution in [3.63, 3.8) is 0 Å². The topological polar surface area (TPSA) is 83.7 Å². The lowest BCUT2D eigenvalue weighted by atomic mass is 9.72. The second kappa shape index (κ2) is 7.89. The molecule has 3 aromatic rings. The van der Waals surface area contributed by atoms with Crippen LogP contribution in [-0.2, 0) is 27.8 Å². The summed E-state index contributed by atoms with van der Waals surface area (Å²) in [5.41, 5.74) is 5.07. The van der Waals surface area contributed by atoms with E-state index in [1.807, 2.05) is 6.20 Å². The molecule has 8 nitrogen and oxygen atoms in total. The molecular weight excluding hydrogens is 428 g/mol. The minimum Gasteiger partial charge on any atom is -0.349 e. The van der Waals surface area contributed by atoms with E-state index in [1.165, 1.54) is 29.5 Å². The quantitative estimate of drug-likeness (QED) is 0.600. The highest BCUT2D eigenvalue weighted by Crippen LogP contribution is 2.37. The van der Waals surface area contributed by atoms with Gasteiger partial charge in [-0.25, -0.2) is 14.5 Å². The maximum absolute atomic E-state index is 12.5. The summed E-state index contributed by atoms with van der Waals surface area (Å²) in [5.74, 6) is 1.69. The Labute approximate surface area is 199 Å². The molecule has 176 valence electrons. The number of amides is 1. The van der Waals surface area contributed by atoms with Crippen molar-refractivity contribution in [1.29, 1.82) is 0 Å². The summed E-state index contributed by atoms with van der Waals surface area (Å²) < 4.78 is 1.78. The SMILES string of the molecule is CC1(C)CCCc2cc(Cc3nc4c(N5CCN6C(=O)CCC(=O)C6C5)nccn4n3)ccc21. The summed E-state index contributed by atoms with van der Waals surface area (Å²) in [5, 5.41) is 4.72. The predicted octanol–water partition coefficient (Wildman–Crippen LogP) is 2.71. The molecule has 1 amide bonds. The van der Waals surface area contributed by atoms with Gasteiger partial charge in [0.15, 0.2) is 23.1 Å². The van der Waals surface area contributed by atoms with Crippen LogP contribution >= 0.6 is 0 Å². The number of hydrogen-bond acceptors (Lipinski definition) is 6. The van der Waals surface area contributed by atoms with E-state index in [4.69, 9.17) is 10.1 Å². The van der Waals surface area contributed by atoms with Crippen LogP contribution in [0.15, 0.2) is 30.6 Å². The molecule has 0 N–H and O–H groups in total. The summed E-state index contributed by atoms with van der Waals surface area (Å²) in [4.78, 5) is 38.0. The minimum absolute atomic E-state index is 0.0774. The van der Waals surface area contributed by atoms with Gasteiger partial charge in [0.2, 0.25) is 5.91 Å². The molecular formula is C26H30N6O2. The van der Waals surface area contributed by atoms with Crippen molar-refractivity contribution in [1.82, 2.24) is 24.5 Å². The molecule has 6 rings (SSSR count). The summed E-state index contributed by atoms with van der Waals surface area (Å²) in [6, 6.07) is 6.43. The molecule has 3 aliphatic rings. The fraction of sp³-hybridized carbons (Fsp3) is 0.500. The third-order valence-corrected chi connectivity index (χ3v) is 7.75. The molecule has 34 heavy (non-hydrogen) atoms. The molecule has 1 aliphatic carbocycles. The van der Waals surface area contributed by atoms with Crippen molar-refractivity contribution in [3.8, 4) is 0 Å². The summed E-state index contributed by atoms with van der Waals surface area (Å²) in [7, 11) is 0. The summed E-state index contributed by atoms with van der Waals surface area (Å²) in [6.07, 6.45) is 8.46. The Morgan fingerprint density at radius 2 is 2.00 bits per heavy atom. The zero-order chi connectivity index (χ0) is 23.4. The lowest BCUT2D eigenvalue weighted by molar-refractivity contribution is -0.145. The van der Waals surface area contributed by atoms with Crippen LogP contribution < -0.4 is 4.90 Å². The lowest BCUT2D eigenvalue weighted by Crippen LogP contribution is -2.60. The second-order valence-corrected chi connectivity index (χ2v) is 10.5. The zero-order valence-electron chi connectivity index (χ0n) is 19.8. The minimum atomic E-state index is -0.390. The highest BCUT2D eigenvalue weighted by Gasteiger charge is 2.39. The maximum atomic E-state index is 12.5. The first-order valence-electron chi connectivity index (χ1n) is 12.3. The first kappa shape index (κ1) is 21.3. The molecule has 8 heteroatoms. The predicted molar refractivity (Wildman–Crippen MR) is 128 cm³/mol. The molecule has 2 saturated heterocycles. The van der Waals surface area contributed by atoms with Gasteiger partial charge in [0.25, 0.3) is 0 Å². The first-order chi connectivity index (χ1) is 16.4. The van der Waals surface area contributed by atoms with Crippen LogP contribution in [-0.4, -0.2) is 61.8 Å². The average Bonchev–Trinajstić information content (AvgIpc) is 3.23. The Morgan fingerprint density at radius 1 is 1.12 bits per heavy atom. The molecule has 0 spiro atoms. The van der Waals surface area contributed by atoms with Gasteiger partial charge >= 0.3 is 0 Å². The summed E-state index contributed by atoms with van der Waals surface area (Å²) in [6.45, 7) is 6.29. The van der Waals surface area contributed by atoms with Gasteiger partial charge in [0, 0.05) is 51.3 Å². The molecule has 2 aromatic heterocycles. The normalized spacial score (nSPS) is 22.1. The van der Waals surface area contributed by atoms with Gasteiger partial charge in [-0.2, -0.15) is 5.10 Å². The number of carbonyl (C=O) groups is 2. The largest absolute Gasteiger partial charge is 0.349 e. The van der Waals surface area contributed by atoms with Gasteiger partial charge in [0.1, 0.15) is 6.04 Å². The van der Waals surface area contributed by atoms with Gasteiger partial charge in [-0.15, -0.1) is 0 Å². The Bertz CT molecular complexity index is 1300. The highest BCUT2D eigenvalue weighted by atomic mass is 16.2. The molecule has 1 aromatic carbocycles. The van der Waals surface area contributed by atoms with E-state index in [2.05, 4.69) is 41.9 Å². The van der Waals surface area contributed by atoms with E-state index in [0.29, 0.717) is 44.5 Å². The number of anilines is 1. The zero-order valence-corrected chi connectivity index (χ0v) is 19.8. The molecule has 0 radical (unpaired) electrons. The smallest absolute Gasteiger partial charge is 0.223 e. The van der Waals surface area contributed by atoms with Crippen molar-refractivity contribution in [2.45, 2.75) is 63.8 Å². The van der Waals surface area contributed by atoms with Crippen LogP contribution in [0.5, 0.6) is 0 Å². The lowest BCUT2D eigenvalue weighted by Gasteiger charge is -2.43.